The van der Waals surface area contributed by atoms with Gasteiger partial charge in [0.05, 0.1) is 3.39 Å². The van der Waals surface area contributed by atoms with Crippen molar-refractivity contribution in [1.82, 2.24) is 0 Å². The Balaban J connectivity index is 4.20. The van der Waals surface area contributed by atoms with Gasteiger partial charge < -0.3 is 4.43 Å². The summed E-state index contributed by atoms with van der Waals surface area (Å²) in [6.45, 7) is 16.9. The quantitative estimate of drug-likeness (QED) is 0.476. The van der Waals surface area contributed by atoms with E-state index in [0.29, 0.717) is 16.9 Å². The molecule has 108 valence electrons. The van der Waals surface area contributed by atoms with Gasteiger partial charge in [0.1, 0.15) is 0 Å². The second-order valence-corrected chi connectivity index (χ2v) is 14.4. The second kappa shape index (κ2) is 7.60. The molecular formula is C14H28Br2OSi. The van der Waals surface area contributed by atoms with E-state index in [1.165, 1.54) is 0 Å². The first-order valence-corrected chi connectivity index (χ1v) is 11.1. The van der Waals surface area contributed by atoms with E-state index in [1.54, 1.807) is 0 Å². The lowest BCUT2D eigenvalue weighted by Gasteiger charge is -2.37. The van der Waals surface area contributed by atoms with Crippen LogP contribution in [0.1, 0.15) is 41.0 Å². The van der Waals surface area contributed by atoms with Crippen molar-refractivity contribution in [2.45, 2.75) is 59.2 Å². The van der Waals surface area contributed by atoms with Gasteiger partial charge >= 0.3 is 0 Å². The predicted octanol–water partition coefficient (Wildman–Crippen LogP) is 6.30. The number of hydrogen-bond donors (Lipinski definition) is 0. The van der Waals surface area contributed by atoms with Crippen LogP contribution < -0.4 is 0 Å². The molecule has 0 amide bonds. The highest BCUT2D eigenvalue weighted by atomic mass is 79.9. The average Bonchev–Trinajstić information content (AvgIpc) is 2.11. The second-order valence-electron chi connectivity index (χ2n) is 6.85. The summed E-state index contributed by atoms with van der Waals surface area (Å²) in [6, 6.07) is 0. The number of halogens is 2. The summed E-state index contributed by atoms with van der Waals surface area (Å²) < 4.78 is 7.30. The molecule has 0 spiro atoms. The average molecular weight is 400 g/mol. The summed E-state index contributed by atoms with van der Waals surface area (Å²) in [7, 11) is -1.58. The zero-order valence-corrected chi connectivity index (χ0v) is 17.0. The molecule has 0 unspecified atom stereocenters. The van der Waals surface area contributed by atoms with Gasteiger partial charge in [-0.3, -0.25) is 0 Å². The minimum Gasteiger partial charge on any atom is -0.417 e. The standard InChI is InChI=1S/C14H28Br2OSi/c1-11(9-13(15)16)8-12(2)10-17-18(6,7)14(3,4)5/h9,11-12H,8,10H2,1-7H3/t11-,12-/m0/s1. The molecule has 4 heteroatoms. The topological polar surface area (TPSA) is 9.23 Å². The van der Waals surface area contributed by atoms with Gasteiger partial charge in [0.25, 0.3) is 0 Å². The highest BCUT2D eigenvalue weighted by molar-refractivity contribution is 9.28. The molecular weight excluding hydrogens is 372 g/mol. The molecule has 0 rings (SSSR count). The normalized spacial score (nSPS) is 16.3. The fourth-order valence-electron chi connectivity index (χ4n) is 1.55. The van der Waals surface area contributed by atoms with Crippen LogP contribution in [0.4, 0.5) is 0 Å². The van der Waals surface area contributed by atoms with Crippen LogP contribution in [0.5, 0.6) is 0 Å². The molecule has 0 aromatic heterocycles. The zero-order chi connectivity index (χ0) is 14.6. The maximum atomic E-state index is 6.26. The number of rotatable bonds is 6. The largest absolute Gasteiger partial charge is 0.417 e. The minimum absolute atomic E-state index is 0.303. The third-order valence-corrected chi connectivity index (χ3v) is 8.75. The van der Waals surface area contributed by atoms with Crippen molar-refractivity contribution >= 4 is 40.2 Å². The van der Waals surface area contributed by atoms with Crippen molar-refractivity contribution in [3.05, 3.63) is 9.47 Å². The molecule has 0 heterocycles. The van der Waals surface area contributed by atoms with Crippen molar-refractivity contribution in [3.63, 3.8) is 0 Å². The predicted molar refractivity (Wildman–Crippen MR) is 92.0 cm³/mol. The maximum absolute atomic E-state index is 6.26. The maximum Gasteiger partial charge on any atom is 0.191 e. The first-order chi connectivity index (χ1) is 7.95. The molecule has 0 aromatic carbocycles. The molecule has 0 aromatic rings. The smallest absolute Gasteiger partial charge is 0.191 e. The van der Waals surface area contributed by atoms with Crippen molar-refractivity contribution in [2.24, 2.45) is 11.8 Å². The Morgan fingerprint density at radius 3 is 2.11 bits per heavy atom. The summed E-state index contributed by atoms with van der Waals surface area (Å²) in [5.41, 5.74) is 0. The first-order valence-electron chi connectivity index (χ1n) is 6.62. The summed E-state index contributed by atoms with van der Waals surface area (Å²) in [5, 5.41) is 0.303. The van der Waals surface area contributed by atoms with Gasteiger partial charge in [-0.2, -0.15) is 0 Å². The highest BCUT2D eigenvalue weighted by Gasteiger charge is 2.37. The van der Waals surface area contributed by atoms with Crippen molar-refractivity contribution in [1.29, 1.82) is 0 Å². The Kier molecular flexibility index (Phi) is 7.97. The molecule has 0 saturated heterocycles. The molecule has 0 aliphatic heterocycles. The van der Waals surface area contributed by atoms with Crippen LogP contribution in [0.3, 0.4) is 0 Å². The van der Waals surface area contributed by atoms with E-state index in [2.05, 4.69) is 85.6 Å². The van der Waals surface area contributed by atoms with Crippen LogP contribution in [0.25, 0.3) is 0 Å². The van der Waals surface area contributed by atoms with Gasteiger partial charge in [-0.25, -0.2) is 0 Å². The minimum atomic E-state index is -1.58. The molecule has 0 saturated carbocycles. The Morgan fingerprint density at radius 2 is 1.72 bits per heavy atom. The van der Waals surface area contributed by atoms with Crippen molar-refractivity contribution in [3.8, 4) is 0 Å². The monoisotopic (exact) mass is 398 g/mol. The summed E-state index contributed by atoms with van der Waals surface area (Å²) in [4.78, 5) is 0. The van der Waals surface area contributed by atoms with E-state index in [-0.39, 0.29) is 0 Å². The molecule has 0 aliphatic carbocycles. The van der Waals surface area contributed by atoms with Gasteiger partial charge in [-0.15, -0.1) is 0 Å². The molecule has 1 nitrogen and oxygen atoms in total. The Bertz CT molecular complexity index is 278. The van der Waals surface area contributed by atoms with Gasteiger partial charge in [0.2, 0.25) is 0 Å². The fraction of sp³-hybridized carbons (Fsp3) is 0.857. The molecule has 0 bridgehead atoms. The van der Waals surface area contributed by atoms with Gasteiger partial charge in [-0.1, -0.05) is 40.7 Å². The SMILES string of the molecule is C[C@H](CO[Si](C)(C)C(C)(C)C)C[C@H](C)C=C(Br)Br. The molecule has 0 radical (unpaired) electrons. The Labute approximate surface area is 131 Å². The van der Waals surface area contributed by atoms with E-state index in [0.717, 1.165) is 16.4 Å². The van der Waals surface area contributed by atoms with E-state index in [4.69, 9.17) is 4.43 Å². The summed E-state index contributed by atoms with van der Waals surface area (Å²) >= 11 is 6.83. The summed E-state index contributed by atoms with van der Waals surface area (Å²) in [6.07, 6.45) is 3.36. The van der Waals surface area contributed by atoms with Gasteiger partial charge in [-0.05, 0) is 68.2 Å². The third-order valence-electron chi connectivity index (χ3n) is 3.72. The lowest BCUT2D eigenvalue weighted by Crippen LogP contribution is -2.41. The van der Waals surface area contributed by atoms with E-state index in [1.807, 2.05) is 0 Å². The van der Waals surface area contributed by atoms with E-state index < -0.39 is 8.32 Å². The van der Waals surface area contributed by atoms with Crippen LogP contribution >= 0.6 is 31.9 Å². The van der Waals surface area contributed by atoms with Gasteiger partial charge in [0.15, 0.2) is 8.32 Å². The third kappa shape index (κ3) is 7.46. The first kappa shape index (κ1) is 18.9. The lowest BCUT2D eigenvalue weighted by atomic mass is 9.98. The Morgan fingerprint density at radius 1 is 1.22 bits per heavy atom. The fourth-order valence-corrected chi connectivity index (χ4v) is 3.59. The highest BCUT2D eigenvalue weighted by Crippen LogP contribution is 2.37. The summed E-state index contributed by atoms with van der Waals surface area (Å²) in [5.74, 6) is 1.17. The molecule has 2 atom stereocenters. The van der Waals surface area contributed by atoms with E-state index in [9.17, 15) is 0 Å². The van der Waals surface area contributed by atoms with Crippen LogP contribution in [-0.2, 0) is 4.43 Å². The van der Waals surface area contributed by atoms with Crippen LogP contribution in [0.15, 0.2) is 9.47 Å². The molecule has 18 heavy (non-hydrogen) atoms. The van der Waals surface area contributed by atoms with Crippen molar-refractivity contribution < 1.29 is 4.43 Å². The van der Waals surface area contributed by atoms with Crippen LogP contribution in [-0.4, -0.2) is 14.9 Å². The number of hydrogen-bond acceptors (Lipinski definition) is 1. The van der Waals surface area contributed by atoms with Crippen LogP contribution in [0, 0.1) is 11.8 Å². The zero-order valence-electron chi connectivity index (χ0n) is 12.8. The van der Waals surface area contributed by atoms with E-state index >= 15 is 0 Å². The molecule has 0 fully saturated rings. The molecule has 0 aliphatic rings. The van der Waals surface area contributed by atoms with Gasteiger partial charge in [0, 0.05) is 6.61 Å². The Hall–Kier alpha value is 0.877. The molecule has 0 N–H and O–H groups in total. The number of allylic oxidation sites excluding steroid dienone is 1. The van der Waals surface area contributed by atoms with Crippen molar-refractivity contribution in [2.75, 3.05) is 6.61 Å². The lowest BCUT2D eigenvalue weighted by molar-refractivity contribution is 0.223. The van der Waals surface area contributed by atoms with Crippen LogP contribution in [0.2, 0.25) is 18.1 Å².